The van der Waals surface area contributed by atoms with Gasteiger partial charge in [0.25, 0.3) is 0 Å². The molecule has 0 atom stereocenters. The van der Waals surface area contributed by atoms with Gasteiger partial charge in [0.1, 0.15) is 0 Å². The van der Waals surface area contributed by atoms with E-state index in [1.165, 1.54) is 32.1 Å². The Morgan fingerprint density at radius 1 is 1.31 bits per heavy atom. The van der Waals surface area contributed by atoms with Gasteiger partial charge in [0.15, 0.2) is 5.82 Å². The summed E-state index contributed by atoms with van der Waals surface area (Å²) < 4.78 is 5.33. The first-order valence-corrected chi connectivity index (χ1v) is 6.17. The molecule has 2 N–H and O–H groups in total. The minimum absolute atomic E-state index is 0.208. The molecule has 0 aromatic carbocycles. The molecule has 1 fully saturated rings. The lowest BCUT2D eigenvalue weighted by atomic mass is 9.88. The van der Waals surface area contributed by atoms with Gasteiger partial charge in [-0.05, 0) is 26.7 Å². The lowest BCUT2D eigenvalue weighted by Gasteiger charge is -2.18. The van der Waals surface area contributed by atoms with Crippen molar-refractivity contribution in [3.8, 4) is 0 Å². The highest BCUT2D eigenvalue weighted by Gasteiger charge is 2.28. The van der Waals surface area contributed by atoms with Gasteiger partial charge in [-0.2, -0.15) is 4.98 Å². The molecule has 0 saturated heterocycles. The highest BCUT2D eigenvalue weighted by Crippen LogP contribution is 2.32. The fourth-order valence-corrected chi connectivity index (χ4v) is 2.12. The van der Waals surface area contributed by atoms with E-state index in [2.05, 4.69) is 10.1 Å². The Morgan fingerprint density at radius 2 is 2.00 bits per heavy atom. The molecule has 2 rings (SSSR count). The Balaban J connectivity index is 2.12. The molecule has 0 radical (unpaired) electrons. The van der Waals surface area contributed by atoms with Gasteiger partial charge < -0.3 is 10.3 Å². The molecule has 0 aliphatic heterocycles. The van der Waals surface area contributed by atoms with Crippen molar-refractivity contribution in [3.63, 3.8) is 0 Å². The van der Waals surface area contributed by atoms with E-state index in [-0.39, 0.29) is 5.41 Å². The standard InChI is InChI=1S/C12H21N3O/c1-12(2,8-13)11-14-10(15-16-11)9-6-4-3-5-7-9/h9H,3-8,13H2,1-2H3. The van der Waals surface area contributed by atoms with Gasteiger partial charge in [-0.25, -0.2) is 0 Å². The maximum atomic E-state index is 5.70. The molecule has 0 unspecified atom stereocenters. The molecule has 1 saturated carbocycles. The average molecular weight is 223 g/mol. The second-order valence-corrected chi connectivity index (χ2v) is 5.38. The molecule has 0 spiro atoms. The summed E-state index contributed by atoms with van der Waals surface area (Å²) in [5.74, 6) is 2.06. The SMILES string of the molecule is CC(C)(CN)c1nc(C2CCCCC2)no1. The Kier molecular flexibility index (Phi) is 3.28. The molecule has 4 heteroatoms. The van der Waals surface area contributed by atoms with Gasteiger partial charge in [-0.15, -0.1) is 0 Å². The van der Waals surface area contributed by atoms with Crippen LogP contribution in [0.5, 0.6) is 0 Å². The fourth-order valence-electron chi connectivity index (χ4n) is 2.12. The van der Waals surface area contributed by atoms with Crippen molar-refractivity contribution < 1.29 is 4.52 Å². The van der Waals surface area contributed by atoms with E-state index in [9.17, 15) is 0 Å². The summed E-state index contributed by atoms with van der Waals surface area (Å²) in [4.78, 5) is 4.52. The van der Waals surface area contributed by atoms with Gasteiger partial charge in [-0.1, -0.05) is 24.4 Å². The summed E-state index contributed by atoms with van der Waals surface area (Å²) in [6.45, 7) is 4.59. The molecular weight excluding hydrogens is 202 g/mol. The van der Waals surface area contributed by atoms with Gasteiger partial charge in [-0.3, -0.25) is 0 Å². The zero-order chi connectivity index (χ0) is 11.6. The van der Waals surface area contributed by atoms with E-state index in [0.29, 0.717) is 18.4 Å². The van der Waals surface area contributed by atoms with Crippen molar-refractivity contribution >= 4 is 0 Å². The van der Waals surface area contributed by atoms with Crippen molar-refractivity contribution in [3.05, 3.63) is 11.7 Å². The van der Waals surface area contributed by atoms with E-state index < -0.39 is 0 Å². The zero-order valence-electron chi connectivity index (χ0n) is 10.2. The van der Waals surface area contributed by atoms with Gasteiger partial charge in [0.05, 0.1) is 5.41 Å². The highest BCUT2D eigenvalue weighted by atomic mass is 16.5. The fraction of sp³-hybridized carbons (Fsp3) is 0.833. The maximum Gasteiger partial charge on any atom is 0.233 e. The molecule has 1 aliphatic carbocycles. The second-order valence-electron chi connectivity index (χ2n) is 5.38. The Morgan fingerprint density at radius 3 is 2.62 bits per heavy atom. The second kappa shape index (κ2) is 4.53. The van der Waals surface area contributed by atoms with Crippen molar-refractivity contribution in [2.24, 2.45) is 5.73 Å². The summed E-state index contributed by atoms with van der Waals surface area (Å²) in [5, 5.41) is 4.11. The van der Waals surface area contributed by atoms with Gasteiger partial charge in [0, 0.05) is 12.5 Å². The molecule has 16 heavy (non-hydrogen) atoms. The first-order valence-electron chi connectivity index (χ1n) is 6.17. The maximum absolute atomic E-state index is 5.70. The van der Waals surface area contributed by atoms with E-state index in [0.717, 1.165) is 5.82 Å². The van der Waals surface area contributed by atoms with Crippen LogP contribution >= 0.6 is 0 Å². The average Bonchev–Trinajstić information content (AvgIpc) is 2.80. The van der Waals surface area contributed by atoms with Crippen LogP contribution in [0, 0.1) is 0 Å². The summed E-state index contributed by atoms with van der Waals surface area (Å²) >= 11 is 0. The quantitative estimate of drug-likeness (QED) is 0.854. The molecule has 90 valence electrons. The molecule has 1 aliphatic rings. The largest absolute Gasteiger partial charge is 0.339 e. The predicted molar refractivity (Wildman–Crippen MR) is 62.2 cm³/mol. The summed E-state index contributed by atoms with van der Waals surface area (Å²) in [5.41, 5.74) is 5.49. The summed E-state index contributed by atoms with van der Waals surface area (Å²) in [7, 11) is 0. The lowest BCUT2D eigenvalue weighted by Crippen LogP contribution is -2.28. The van der Waals surface area contributed by atoms with Gasteiger partial charge in [0.2, 0.25) is 5.89 Å². The third-order valence-corrected chi connectivity index (χ3v) is 3.50. The first kappa shape index (κ1) is 11.6. The third-order valence-electron chi connectivity index (χ3n) is 3.50. The van der Waals surface area contributed by atoms with E-state index >= 15 is 0 Å². The summed E-state index contributed by atoms with van der Waals surface area (Å²) in [6.07, 6.45) is 6.31. The Labute approximate surface area is 96.6 Å². The lowest BCUT2D eigenvalue weighted by molar-refractivity contribution is 0.305. The predicted octanol–water partition coefficient (Wildman–Crippen LogP) is 2.35. The number of nitrogens with two attached hydrogens (primary N) is 1. The van der Waals surface area contributed by atoms with Crippen LogP contribution in [-0.4, -0.2) is 16.7 Å². The van der Waals surface area contributed by atoms with Crippen LogP contribution in [0.25, 0.3) is 0 Å². The number of hydrogen-bond donors (Lipinski definition) is 1. The van der Waals surface area contributed by atoms with Crippen LogP contribution < -0.4 is 5.73 Å². The van der Waals surface area contributed by atoms with Crippen molar-refractivity contribution in [2.75, 3.05) is 6.54 Å². The van der Waals surface area contributed by atoms with Crippen LogP contribution in [-0.2, 0) is 5.41 Å². The molecule has 1 aromatic heterocycles. The van der Waals surface area contributed by atoms with Crippen LogP contribution in [0.3, 0.4) is 0 Å². The molecule has 4 nitrogen and oxygen atoms in total. The van der Waals surface area contributed by atoms with Crippen molar-refractivity contribution in [1.29, 1.82) is 0 Å². The van der Waals surface area contributed by atoms with Crippen molar-refractivity contribution in [1.82, 2.24) is 10.1 Å². The van der Waals surface area contributed by atoms with E-state index in [1.807, 2.05) is 13.8 Å². The number of rotatable bonds is 3. The Bertz CT molecular complexity index is 340. The number of nitrogens with zero attached hydrogens (tertiary/aromatic N) is 2. The number of hydrogen-bond acceptors (Lipinski definition) is 4. The monoisotopic (exact) mass is 223 g/mol. The smallest absolute Gasteiger partial charge is 0.233 e. The molecule has 0 bridgehead atoms. The summed E-state index contributed by atoms with van der Waals surface area (Å²) in [6, 6.07) is 0. The van der Waals surface area contributed by atoms with Crippen LogP contribution in [0.2, 0.25) is 0 Å². The number of aromatic nitrogens is 2. The van der Waals surface area contributed by atoms with Crippen LogP contribution in [0.15, 0.2) is 4.52 Å². The normalized spacial score (nSPS) is 18.9. The van der Waals surface area contributed by atoms with Crippen molar-refractivity contribution in [2.45, 2.75) is 57.3 Å². The zero-order valence-corrected chi connectivity index (χ0v) is 10.2. The molecule has 1 aromatic rings. The Hall–Kier alpha value is -0.900. The molecule has 1 heterocycles. The molecular formula is C12H21N3O. The van der Waals surface area contributed by atoms with Crippen LogP contribution in [0.4, 0.5) is 0 Å². The first-order chi connectivity index (χ1) is 7.63. The minimum atomic E-state index is -0.208. The van der Waals surface area contributed by atoms with Crippen LogP contribution in [0.1, 0.15) is 63.6 Å². The third kappa shape index (κ3) is 2.26. The molecule has 0 amide bonds. The topological polar surface area (TPSA) is 64.9 Å². The highest BCUT2D eigenvalue weighted by molar-refractivity contribution is 5.04. The minimum Gasteiger partial charge on any atom is -0.339 e. The van der Waals surface area contributed by atoms with E-state index in [1.54, 1.807) is 0 Å². The van der Waals surface area contributed by atoms with Gasteiger partial charge >= 0.3 is 0 Å². The van der Waals surface area contributed by atoms with E-state index in [4.69, 9.17) is 10.3 Å².